The lowest BCUT2D eigenvalue weighted by atomic mass is 9.88. The van der Waals surface area contributed by atoms with Crippen molar-refractivity contribution in [3.63, 3.8) is 0 Å². The van der Waals surface area contributed by atoms with Crippen LogP contribution in [0.15, 0.2) is 71.2 Å². The Kier molecular flexibility index (Phi) is 6.04. The minimum absolute atomic E-state index is 0.213. The van der Waals surface area contributed by atoms with Gasteiger partial charge in [-0.25, -0.2) is 0 Å². The summed E-state index contributed by atoms with van der Waals surface area (Å²) in [6.45, 7) is 0.213. The van der Waals surface area contributed by atoms with E-state index in [0.29, 0.717) is 28.3 Å². The number of amides is 1. The summed E-state index contributed by atoms with van der Waals surface area (Å²) in [5, 5.41) is 11.5. The number of nitrogens with zero attached hydrogens (tertiary/aromatic N) is 1. The highest BCUT2D eigenvalue weighted by Gasteiger charge is 2.50. The van der Waals surface area contributed by atoms with Gasteiger partial charge in [-0.2, -0.15) is 0 Å². The summed E-state index contributed by atoms with van der Waals surface area (Å²) in [6, 6.07) is 19.3. The Morgan fingerprint density at radius 2 is 1.69 bits per heavy atom. The number of methoxy groups -OCH3 is 2. The number of benzene rings is 3. The fraction of sp³-hybridized carbons (Fsp3) is 0.200. The predicted octanol–water partition coefficient (Wildman–Crippen LogP) is 4.47. The van der Waals surface area contributed by atoms with E-state index in [-0.39, 0.29) is 18.7 Å². The minimum atomic E-state index is -1.93. The van der Waals surface area contributed by atoms with E-state index in [9.17, 15) is 14.7 Å². The van der Waals surface area contributed by atoms with Crippen LogP contribution >= 0.6 is 15.9 Å². The fourth-order valence-corrected chi connectivity index (χ4v) is 4.23. The first-order chi connectivity index (χ1) is 15.4. The first kappa shape index (κ1) is 22.0. The zero-order valence-corrected chi connectivity index (χ0v) is 19.3. The Labute approximate surface area is 194 Å². The first-order valence-corrected chi connectivity index (χ1v) is 10.8. The van der Waals surface area contributed by atoms with E-state index in [2.05, 4.69) is 15.9 Å². The molecule has 1 aliphatic rings. The van der Waals surface area contributed by atoms with Gasteiger partial charge in [0.1, 0.15) is 0 Å². The minimum Gasteiger partial charge on any atom is -0.493 e. The fourth-order valence-electron chi connectivity index (χ4n) is 3.97. The average molecular weight is 496 g/mol. The molecule has 3 aromatic carbocycles. The lowest BCUT2D eigenvalue weighted by Crippen LogP contribution is -2.41. The molecule has 1 unspecified atom stereocenters. The van der Waals surface area contributed by atoms with Gasteiger partial charge in [0.05, 0.1) is 32.9 Å². The smallest absolute Gasteiger partial charge is 0.264 e. The molecule has 7 heteroatoms. The number of ketones is 1. The van der Waals surface area contributed by atoms with Gasteiger partial charge in [0.15, 0.2) is 22.9 Å². The number of rotatable bonds is 7. The molecule has 0 bridgehead atoms. The third kappa shape index (κ3) is 3.89. The van der Waals surface area contributed by atoms with Crippen LogP contribution in [0.4, 0.5) is 5.69 Å². The second kappa shape index (κ2) is 8.76. The summed E-state index contributed by atoms with van der Waals surface area (Å²) in [4.78, 5) is 27.9. The Hall–Kier alpha value is -3.16. The largest absolute Gasteiger partial charge is 0.493 e. The maximum absolute atomic E-state index is 13.4. The van der Waals surface area contributed by atoms with Crippen LogP contribution in [0.5, 0.6) is 11.5 Å². The van der Waals surface area contributed by atoms with Gasteiger partial charge in [-0.3, -0.25) is 9.59 Å². The molecule has 0 fully saturated rings. The Morgan fingerprint density at radius 1 is 1.00 bits per heavy atom. The molecular formula is C25H22BrNO5. The first-order valence-electron chi connectivity index (χ1n) is 10.0. The zero-order valence-electron chi connectivity index (χ0n) is 17.7. The van der Waals surface area contributed by atoms with E-state index in [1.165, 1.54) is 4.90 Å². The van der Waals surface area contributed by atoms with E-state index in [4.69, 9.17) is 9.47 Å². The molecule has 1 atom stereocenters. The second-order valence-electron chi connectivity index (χ2n) is 7.56. The Morgan fingerprint density at radius 3 is 2.38 bits per heavy atom. The summed E-state index contributed by atoms with van der Waals surface area (Å²) in [5.41, 5.74) is 0.311. The van der Waals surface area contributed by atoms with Crippen molar-refractivity contribution in [2.24, 2.45) is 0 Å². The number of para-hydroxylation sites is 1. The summed E-state index contributed by atoms with van der Waals surface area (Å²) in [5.74, 6) is 0.293. The van der Waals surface area contributed by atoms with Crippen molar-refractivity contribution < 1.29 is 24.2 Å². The molecule has 0 spiro atoms. The molecule has 0 saturated heterocycles. The molecule has 164 valence electrons. The third-order valence-electron chi connectivity index (χ3n) is 5.61. The highest BCUT2D eigenvalue weighted by molar-refractivity contribution is 9.10. The van der Waals surface area contributed by atoms with Gasteiger partial charge < -0.3 is 19.5 Å². The van der Waals surface area contributed by atoms with Crippen LogP contribution in [-0.4, -0.2) is 31.0 Å². The summed E-state index contributed by atoms with van der Waals surface area (Å²) in [7, 11) is 3.10. The van der Waals surface area contributed by atoms with Crippen molar-refractivity contribution in [2.45, 2.75) is 18.6 Å². The normalized spacial score (nSPS) is 17.2. The van der Waals surface area contributed by atoms with E-state index in [0.717, 1.165) is 10.0 Å². The summed E-state index contributed by atoms with van der Waals surface area (Å²) >= 11 is 3.34. The van der Waals surface area contributed by atoms with Crippen LogP contribution in [0.3, 0.4) is 0 Å². The maximum atomic E-state index is 13.4. The number of carbonyl (C=O) groups excluding carboxylic acids is 2. The van der Waals surface area contributed by atoms with E-state index < -0.39 is 11.5 Å². The van der Waals surface area contributed by atoms with Crippen molar-refractivity contribution in [2.75, 3.05) is 19.1 Å². The van der Waals surface area contributed by atoms with E-state index in [1.807, 2.05) is 6.07 Å². The van der Waals surface area contributed by atoms with Crippen molar-refractivity contribution in [3.05, 3.63) is 87.9 Å². The van der Waals surface area contributed by atoms with Gasteiger partial charge in [0.25, 0.3) is 5.91 Å². The molecule has 0 saturated carbocycles. The lowest BCUT2D eigenvalue weighted by molar-refractivity contribution is -0.136. The van der Waals surface area contributed by atoms with Crippen LogP contribution in [-0.2, 0) is 16.9 Å². The Balaban J connectivity index is 1.66. The summed E-state index contributed by atoms with van der Waals surface area (Å²) in [6.07, 6.45) is -0.340. The number of hydrogen-bond donors (Lipinski definition) is 1. The number of anilines is 1. The molecule has 1 heterocycles. The highest BCUT2D eigenvalue weighted by atomic mass is 79.9. The molecule has 0 aliphatic carbocycles. The number of halogens is 1. The quantitative estimate of drug-likeness (QED) is 0.489. The van der Waals surface area contributed by atoms with Crippen molar-refractivity contribution in [3.8, 4) is 11.5 Å². The predicted molar refractivity (Wildman–Crippen MR) is 124 cm³/mol. The second-order valence-corrected chi connectivity index (χ2v) is 8.48. The maximum Gasteiger partial charge on any atom is 0.264 e. The molecule has 0 radical (unpaired) electrons. The number of aliphatic hydroxyl groups is 1. The number of hydrogen-bond acceptors (Lipinski definition) is 5. The standard InChI is InChI=1S/C25H22BrNO5/c1-31-22-12-7-16(13-23(22)32-2)15-27-20-6-4-3-5-19(20)25(30,24(27)29)14-21(28)17-8-10-18(26)11-9-17/h3-13,30H,14-15H2,1-2H3. The molecule has 3 aromatic rings. The van der Waals surface area contributed by atoms with Crippen LogP contribution in [0.2, 0.25) is 0 Å². The Bertz CT molecular complexity index is 1180. The van der Waals surface area contributed by atoms with Crippen LogP contribution in [0.1, 0.15) is 27.9 Å². The van der Waals surface area contributed by atoms with Gasteiger partial charge in [-0.05, 0) is 35.9 Å². The zero-order chi connectivity index (χ0) is 22.9. The number of Topliss-reactive ketones (excluding diaryl/α,β-unsaturated/α-hetero) is 1. The molecular weight excluding hydrogens is 474 g/mol. The molecule has 1 amide bonds. The van der Waals surface area contributed by atoms with E-state index >= 15 is 0 Å². The molecule has 32 heavy (non-hydrogen) atoms. The van der Waals surface area contributed by atoms with Gasteiger partial charge in [-0.15, -0.1) is 0 Å². The topological polar surface area (TPSA) is 76.1 Å². The average Bonchev–Trinajstić information content (AvgIpc) is 3.01. The number of fused-ring (bicyclic) bond motifs is 1. The number of ether oxygens (including phenoxy) is 2. The van der Waals surface area contributed by atoms with Crippen molar-refractivity contribution in [1.82, 2.24) is 0 Å². The molecule has 4 rings (SSSR count). The highest BCUT2D eigenvalue weighted by Crippen LogP contribution is 2.44. The molecule has 6 nitrogen and oxygen atoms in total. The van der Waals surface area contributed by atoms with Gasteiger partial charge in [0, 0.05) is 15.6 Å². The van der Waals surface area contributed by atoms with Crippen LogP contribution in [0.25, 0.3) is 0 Å². The molecule has 1 aliphatic heterocycles. The lowest BCUT2D eigenvalue weighted by Gasteiger charge is -2.23. The SMILES string of the molecule is COc1ccc(CN2C(=O)C(O)(CC(=O)c3ccc(Br)cc3)c3ccccc32)cc1OC. The molecule has 1 N–H and O–H groups in total. The van der Waals surface area contributed by atoms with Crippen LogP contribution < -0.4 is 14.4 Å². The van der Waals surface area contributed by atoms with E-state index in [1.54, 1.807) is 74.9 Å². The number of carbonyl (C=O) groups is 2. The van der Waals surface area contributed by atoms with Gasteiger partial charge >= 0.3 is 0 Å². The summed E-state index contributed by atoms with van der Waals surface area (Å²) < 4.78 is 11.5. The van der Waals surface area contributed by atoms with Crippen LogP contribution in [0, 0.1) is 0 Å². The van der Waals surface area contributed by atoms with Gasteiger partial charge in [-0.1, -0.05) is 52.3 Å². The van der Waals surface area contributed by atoms with Crippen molar-refractivity contribution >= 4 is 33.3 Å². The third-order valence-corrected chi connectivity index (χ3v) is 6.14. The monoisotopic (exact) mass is 495 g/mol. The molecule has 0 aromatic heterocycles. The van der Waals surface area contributed by atoms with Gasteiger partial charge in [0.2, 0.25) is 0 Å². The van der Waals surface area contributed by atoms with Crippen molar-refractivity contribution in [1.29, 1.82) is 0 Å².